The Morgan fingerprint density at radius 2 is 2.35 bits per heavy atom. The Hall–Kier alpha value is -2.09. The van der Waals surface area contributed by atoms with Crippen molar-refractivity contribution in [2.75, 3.05) is 12.3 Å². The average Bonchev–Trinajstić information content (AvgIpc) is 3.10. The van der Waals surface area contributed by atoms with Crippen molar-refractivity contribution in [3.05, 3.63) is 18.1 Å². The third-order valence-electron chi connectivity index (χ3n) is 4.12. The minimum absolute atomic E-state index is 0.0757. The third-order valence-corrected chi connectivity index (χ3v) is 4.12. The van der Waals surface area contributed by atoms with Crippen molar-refractivity contribution in [1.82, 2.24) is 14.6 Å². The molecular weight excluding hydrogens is 295 g/mol. The first-order valence-corrected chi connectivity index (χ1v) is 7.88. The zero-order chi connectivity index (χ0) is 16.6. The molecule has 1 aliphatic heterocycles. The molecule has 0 radical (unpaired) electrons. The van der Waals surface area contributed by atoms with Crippen molar-refractivity contribution in [2.24, 2.45) is 5.92 Å². The summed E-state index contributed by atoms with van der Waals surface area (Å²) < 4.78 is 13.1. The van der Waals surface area contributed by atoms with Crippen LogP contribution < -0.4 is 11.2 Å². The molecule has 2 atom stereocenters. The number of aromatic nitrogens is 3. The highest BCUT2D eigenvalue weighted by Crippen LogP contribution is 2.33. The van der Waals surface area contributed by atoms with E-state index in [0.29, 0.717) is 12.4 Å². The van der Waals surface area contributed by atoms with Crippen LogP contribution in [0.15, 0.2) is 12.4 Å². The van der Waals surface area contributed by atoms with Crippen molar-refractivity contribution in [3.63, 3.8) is 0 Å². The first-order chi connectivity index (χ1) is 11.0. The van der Waals surface area contributed by atoms with Gasteiger partial charge in [-0.15, -0.1) is 0 Å². The van der Waals surface area contributed by atoms with Crippen molar-refractivity contribution >= 4 is 30.6 Å². The Morgan fingerprint density at radius 1 is 1.57 bits per heavy atom. The number of nitrogen functional groups attached to an aromatic ring is 1. The van der Waals surface area contributed by atoms with Gasteiger partial charge in [0.25, 0.3) is 0 Å². The molecule has 0 bridgehead atoms. The number of esters is 1. The SMILES string of the molecule is Bc1cc(C2CCC(COC(=O)C(C)C)O2)n2ncnc(N)c12. The monoisotopic (exact) mass is 316 g/mol. The molecule has 2 N–H and O–H groups in total. The number of hydrogen-bond acceptors (Lipinski definition) is 6. The second-order valence-corrected chi connectivity index (χ2v) is 6.27. The maximum absolute atomic E-state index is 11.6. The van der Waals surface area contributed by atoms with Crippen molar-refractivity contribution < 1.29 is 14.3 Å². The highest BCUT2D eigenvalue weighted by molar-refractivity contribution is 6.37. The first kappa shape index (κ1) is 15.8. The highest BCUT2D eigenvalue weighted by Gasteiger charge is 2.30. The fourth-order valence-corrected chi connectivity index (χ4v) is 2.90. The molecule has 2 aromatic heterocycles. The molecular formula is C15H21BN4O3. The van der Waals surface area contributed by atoms with Crippen molar-refractivity contribution in [2.45, 2.75) is 38.9 Å². The molecule has 1 aliphatic rings. The predicted octanol–water partition coefficient (Wildman–Crippen LogP) is -0.0108. The quantitative estimate of drug-likeness (QED) is 0.630. The third kappa shape index (κ3) is 3.03. The molecule has 1 saturated heterocycles. The Balaban J connectivity index is 1.72. The van der Waals surface area contributed by atoms with E-state index in [9.17, 15) is 4.79 Å². The van der Waals surface area contributed by atoms with Gasteiger partial charge in [-0.2, -0.15) is 5.10 Å². The molecule has 0 saturated carbocycles. The fourth-order valence-electron chi connectivity index (χ4n) is 2.90. The van der Waals surface area contributed by atoms with E-state index in [2.05, 4.69) is 10.1 Å². The molecule has 0 amide bonds. The first-order valence-electron chi connectivity index (χ1n) is 7.88. The van der Waals surface area contributed by atoms with Crippen LogP contribution in [0, 0.1) is 5.92 Å². The largest absolute Gasteiger partial charge is 0.463 e. The van der Waals surface area contributed by atoms with E-state index in [1.165, 1.54) is 6.33 Å². The van der Waals surface area contributed by atoms with Gasteiger partial charge >= 0.3 is 5.97 Å². The number of carbonyl (C=O) groups excluding carboxylic acids is 1. The van der Waals surface area contributed by atoms with Gasteiger partial charge in [0.15, 0.2) is 5.82 Å². The van der Waals surface area contributed by atoms with Crippen molar-refractivity contribution in [1.29, 1.82) is 0 Å². The van der Waals surface area contributed by atoms with Gasteiger partial charge in [0.2, 0.25) is 0 Å². The lowest BCUT2D eigenvalue weighted by Gasteiger charge is -2.14. The zero-order valence-corrected chi connectivity index (χ0v) is 13.7. The molecule has 3 rings (SSSR count). The zero-order valence-electron chi connectivity index (χ0n) is 13.7. The second kappa shape index (κ2) is 6.19. The predicted molar refractivity (Wildman–Crippen MR) is 88.2 cm³/mol. The summed E-state index contributed by atoms with van der Waals surface area (Å²) in [6.07, 6.45) is 3.01. The van der Waals surface area contributed by atoms with Crippen molar-refractivity contribution in [3.8, 4) is 0 Å². The molecule has 0 aliphatic carbocycles. The van der Waals surface area contributed by atoms with E-state index in [1.54, 1.807) is 4.52 Å². The maximum Gasteiger partial charge on any atom is 0.308 e. The van der Waals surface area contributed by atoms with Crippen LogP contribution in [0.1, 0.15) is 38.5 Å². The number of nitrogens with zero attached hydrogens (tertiary/aromatic N) is 3. The normalized spacial score (nSPS) is 21.2. The lowest BCUT2D eigenvalue weighted by atomic mass is 9.97. The molecule has 3 heterocycles. The summed E-state index contributed by atoms with van der Waals surface area (Å²) in [7, 11) is 1.98. The van der Waals surface area contributed by atoms with E-state index in [-0.39, 0.29) is 24.1 Å². The number of rotatable bonds is 4. The topological polar surface area (TPSA) is 91.7 Å². The summed E-state index contributed by atoms with van der Waals surface area (Å²) in [5.41, 5.74) is 8.74. The molecule has 2 aromatic rings. The van der Waals surface area contributed by atoms with E-state index in [0.717, 1.165) is 29.5 Å². The van der Waals surface area contributed by atoms with Gasteiger partial charge in [0, 0.05) is 0 Å². The standard InChI is InChI=1S/C15H21BN4O3/c1-8(2)15(21)22-6-9-3-4-12(23-9)11-5-10(16)13-14(17)18-7-19-20(11)13/h5,7-9,12H,3-4,6,16H2,1-2H3,(H2,17,18,19). The van der Waals surface area contributed by atoms with Crippen LogP contribution in [-0.4, -0.2) is 41.1 Å². The highest BCUT2D eigenvalue weighted by atomic mass is 16.6. The molecule has 23 heavy (non-hydrogen) atoms. The number of ether oxygens (including phenoxy) is 2. The fraction of sp³-hybridized carbons (Fsp3) is 0.533. The van der Waals surface area contributed by atoms with Gasteiger partial charge in [-0.1, -0.05) is 19.3 Å². The van der Waals surface area contributed by atoms with Gasteiger partial charge in [0.1, 0.15) is 32.4 Å². The number of fused-ring (bicyclic) bond motifs is 1. The van der Waals surface area contributed by atoms with Crippen LogP contribution in [0.2, 0.25) is 0 Å². The molecule has 8 heteroatoms. The number of anilines is 1. The van der Waals surface area contributed by atoms with Crippen LogP contribution in [-0.2, 0) is 14.3 Å². The lowest BCUT2D eigenvalue weighted by molar-refractivity contribution is -0.151. The second-order valence-electron chi connectivity index (χ2n) is 6.27. The number of nitrogens with two attached hydrogens (primary N) is 1. The summed E-state index contributed by atoms with van der Waals surface area (Å²) in [5, 5.41) is 4.29. The summed E-state index contributed by atoms with van der Waals surface area (Å²) in [5.74, 6) is 0.148. The van der Waals surface area contributed by atoms with Crippen LogP contribution in [0.4, 0.5) is 5.82 Å². The molecule has 1 fully saturated rings. The number of carbonyl (C=O) groups is 1. The van der Waals surface area contributed by atoms with Gasteiger partial charge in [-0.25, -0.2) is 9.50 Å². The minimum atomic E-state index is -0.193. The summed E-state index contributed by atoms with van der Waals surface area (Å²) >= 11 is 0. The molecule has 0 aromatic carbocycles. The lowest BCUT2D eigenvalue weighted by Crippen LogP contribution is -2.21. The summed E-state index contributed by atoms with van der Waals surface area (Å²) in [4.78, 5) is 15.6. The maximum atomic E-state index is 11.6. The van der Waals surface area contributed by atoms with Gasteiger partial charge in [0.05, 0.1) is 17.7 Å². The van der Waals surface area contributed by atoms with Gasteiger partial charge in [-0.05, 0) is 18.9 Å². The summed E-state index contributed by atoms with van der Waals surface area (Å²) in [6.45, 7) is 3.94. The summed E-state index contributed by atoms with van der Waals surface area (Å²) in [6, 6.07) is 2.04. The van der Waals surface area contributed by atoms with Crippen LogP contribution in [0.25, 0.3) is 5.52 Å². The Labute approximate surface area is 135 Å². The molecule has 122 valence electrons. The van der Waals surface area contributed by atoms with Crippen LogP contribution >= 0.6 is 0 Å². The van der Waals surface area contributed by atoms with Crippen LogP contribution in [0.5, 0.6) is 0 Å². The van der Waals surface area contributed by atoms with Crippen LogP contribution in [0.3, 0.4) is 0 Å². The van der Waals surface area contributed by atoms with E-state index < -0.39 is 0 Å². The van der Waals surface area contributed by atoms with Gasteiger partial charge < -0.3 is 15.2 Å². The Morgan fingerprint density at radius 3 is 3.09 bits per heavy atom. The van der Waals surface area contributed by atoms with E-state index in [1.807, 2.05) is 27.8 Å². The molecule has 0 spiro atoms. The molecule has 7 nitrogen and oxygen atoms in total. The molecule has 2 unspecified atom stereocenters. The smallest absolute Gasteiger partial charge is 0.308 e. The van der Waals surface area contributed by atoms with E-state index >= 15 is 0 Å². The number of hydrogen-bond donors (Lipinski definition) is 1. The van der Waals surface area contributed by atoms with E-state index in [4.69, 9.17) is 15.2 Å². The van der Waals surface area contributed by atoms with Gasteiger partial charge in [-0.3, -0.25) is 4.79 Å². The Kier molecular flexibility index (Phi) is 4.25. The Bertz CT molecular complexity index is 731. The average molecular weight is 316 g/mol. The minimum Gasteiger partial charge on any atom is -0.463 e.